The van der Waals surface area contributed by atoms with E-state index in [-0.39, 0.29) is 6.61 Å². The molecule has 0 aliphatic carbocycles. The van der Waals surface area contributed by atoms with Gasteiger partial charge in [-0.3, -0.25) is 4.90 Å². The number of amides is 1. The molecule has 0 spiro atoms. The van der Waals surface area contributed by atoms with Gasteiger partial charge in [0, 0.05) is 0 Å². The molecule has 6 nitrogen and oxygen atoms in total. The number of unbranched alkanes of at least 4 members (excludes halogenated alkanes) is 11. The Kier molecular flexibility index (Phi) is 14.1. The van der Waals surface area contributed by atoms with Crippen molar-refractivity contribution in [3.05, 3.63) is 48.0 Å². The van der Waals surface area contributed by atoms with E-state index in [9.17, 15) is 9.59 Å². The first-order valence-electron chi connectivity index (χ1n) is 15.1. The highest BCUT2D eigenvalue weighted by Crippen LogP contribution is 2.32. The lowest BCUT2D eigenvalue weighted by atomic mass is 10.0. The summed E-state index contributed by atoms with van der Waals surface area (Å²) in [6.07, 6.45) is 18.1. The monoisotopic (exact) mass is 543 g/mol. The Balaban J connectivity index is 1.95. The fourth-order valence-corrected chi connectivity index (χ4v) is 4.91. The fourth-order valence-electron chi connectivity index (χ4n) is 4.91. The van der Waals surface area contributed by atoms with Gasteiger partial charge >= 0.3 is 12.1 Å². The Labute approximate surface area is 237 Å². The van der Waals surface area contributed by atoms with E-state index in [1.54, 1.807) is 17.0 Å². The number of hydrogen-bond acceptors (Lipinski definition) is 5. The minimum atomic E-state index is -0.881. The summed E-state index contributed by atoms with van der Waals surface area (Å²) < 4.78 is 17.7. The predicted molar refractivity (Wildman–Crippen MR) is 158 cm³/mol. The lowest BCUT2D eigenvalue weighted by Gasteiger charge is -2.36. The van der Waals surface area contributed by atoms with Gasteiger partial charge in [0.2, 0.25) is 0 Å². The molecule has 1 heterocycles. The van der Waals surface area contributed by atoms with Crippen molar-refractivity contribution in [3.63, 3.8) is 0 Å². The zero-order chi connectivity index (χ0) is 28.7. The Morgan fingerprint density at radius 1 is 0.974 bits per heavy atom. The van der Waals surface area contributed by atoms with Crippen LogP contribution in [-0.2, 0) is 14.2 Å². The van der Waals surface area contributed by atoms with E-state index in [1.165, 1.54) is 64.2 Å². The molecule has 39 heavy (non-hydrogen) atoms. The van der Waals surface area contributed by atoms with Gasteiger partial charge in [-0.1, -0.05) is 95.4 Å². The molecule has 1 amide bonds. The Hall–Kier alpha value is -2.34. The van der Waals surface area contributed by atoms with E-state index < -0.39 is 35.5 Å². The highest BCUT2D eigenvalue weighted by molar-refractivity contribution is 5.89. The van der Waals surface area contributed by atoms with Gasteiger partial charge in [-0.15, -0.1) is 0 Å². The number of allylic oxidation sites excluding steroid dienone is 1. The van der Waals surface area contributed by atoms with Gasteiger partial charge < -0.3 is 14.2 Å². The first-order chi connectivity index (χ1) is 18.5. The molecule has 1 aromatic carbocycles. The molecular formula is C33H53NO5. The van der Waals surface area contributed by atoms with Crippen LogP contribution in [0.15, 0.2) is 42.5 Å². The Morgan fingerprint density at radius 2 is 1.54 bits per heavy atom. The molecule has 1 aromatic rings. The van der Waals surface area contributed by atoms with Gasteiger partial charge in [0.05, 0.1) is 12.2 Å². The molecule has 1 fully saturated rings. The molecule has 2 rings (SSSR count). The van der Waals surface area contributed by atoms with Crippen LogP contribution in [0.5, 0.6) is 0 Å². The van der Waals surface area contributed by atoms with Crippen molar-refractivity contribution < 1.29 is 23.8 Å². The number of esters is 1. The fraction of sp³-hybridized carbons (Fsp3) is 0.697. The molecule has 0 aromatic heterocycles. The number of ether oxygens (including phenoxy) is 3. The van der Waals surface area contributed by atoms with Crippen LogP contribution < -0.4 is 0 Å². The third-order valence-electron chi connectivity index (χ3n) is 7.04. The van der Waals surface area contributed by atoms with Crippen LogP contribution in [0, 0.1) is 0 Å². The highest BCUT2D eigenvalue weighted by atomic mass is 16.6. The van der Waals surface area contributed by atoms with Crippen molar-refractivity contribution >= 4 is 12.1 Å². The Bertz CT molecular complexity index is 874. The maximum absolute atomic E-state index is 13.2. The third kappa shape index (κ3) is 12.2. The molecular weight excluding hydrogens is 490 g/mol. The molecule has 1 aliphatic rings. The zero-order valence-electron chi connectivity index (χ0n) is 25.4. The minimum Gasteiger partial charge on any atom is -0.452 e. The van der Waals surface area contributed by atoms with Crippen molar-refractivity contribution in [2.75, 3.05) is 6.61 Å². The number of hydrogen-bond donors (Lipinski definition) is 0. The second-order valence-electron chi connectivity index (χ2n) is 12.2. The lowest BCUT2D eigenvalue weighted by Crippen LogP contribution is -2.53. The summed E-state index contributed by atoms with van der Waals surface area (Å²) in [7, 11) is 0. The number of carbonyl (C=O) groups excluding carboxylic acids is 2. The summed E-state index contributed by atoms with van der Waals surface area (Å²) >= 11 is 0. The van der Waals surface area contributed by atoms with Crippen LogP contribution >= 0.6 is 0 Å². The van der Waals surface area contributed by atoms with Crippen LogP contribution in [0.3, 0.4) is 0 Å². The second-order valence-corrected chi connectivity index (χ2v) is 12.2. The molecule has 1 unspecified atom stereocenters. The molecule has 1 aliphatic heterocycles. The van der Waals surface area contributed by atoms with Crippen LogP contribution in [0.25, 0.3) is 0 Å². The molecule has 220 valence electrons. The van der Waals surface area contributed by atoms with E-state index >= 15 is 0 Å². The van der Waals surface area contributed by atoms with E-state index in [0.29, 0.717) is 5.56 Å². The zero-order valence-corrected chi connectivity index (χ0v) is 25.4. The molecule has 0 radical (unpaired) electrons. The third-order valence-corrected chi connectivity index (χ3v) is 7.04. The van der Waals surface area contributed by atoms with E-state index in [2.05, 4.69) is 13.0 Å². The SMILES string of the molecule is CCCCCCCCCCCCC/C=C/C(OC(=O)c1ccccc1)[C@@H]1COC(C)(C)N1C(=O)OC(C)(C)C. The molecule has 6 heteroatoms. The van der Waals surface area contributed by atoms with Crippen molar-refractivity contribution in [3.8, 4) is 0 Å². The summed E-state index contributed by atoms with van der Waals surface area (Å²) in [5.41, 5.74) is -1.06. The predicted octanol–water partition coefficient (Wildman–Crippen LogP) is 8.84. The number of carbonyl (C=O) groups is 2. The van der Waals surface area contributed by atoms with Gasteiger partial charge in [0.1, 0.15) is 23.5 Å². The van der Waals surface area contributed by atoms with Crippen molar-refractivity contribution in [2.24, 2.45) is 0 Å². The maximum atomic E-state index is 13.2. The lowest BCUT2D eigenvalue weighted by molar-refractivity contribution is -0.0671. The van der Waals surface area contributed by atoms with Crippen molar-refractivity contribution in [1.29, 1.82) is 0 Å². The largest absolute Gasteiger partial charge is 0.452 e. The molecule has 0 bridgehead atoms. The van der Waals surface area contributed by atoms with E-state index in [1.807, 2.05) is 58.9 Å². The molecule has 1 saturated heterocycles. The van der Waals surface area contributed by atoms with Gasteiger partial charge in [0.25, 0.3) is 0 Å². The molecule has 2 atom stereocenters. The standard InChI is InChI=1S/C33H53NO5/c1-7-8-9-10-11-12-13-14-15-16-17-18-22-25-29(38-30(35)27-23-20-19-21-24-27)28-26-37-33(5,6)34(28)31(36)39-32(2,3)4/h19-25,28-29H,7-18,26H2,1-6H3/b25-22+/t28-,29?/m0/s1. The molecule has 0 N–H and O–H groups in total. The first kappa shape index (κ1) is 32.9. The highest BCUT2D eigenvalue weighted by Gasteiger charge is 2.49. The molecule has 0 saturated carbocycles. The maximum Gasteiger partial charge on any atom is 0.413 e. The van der Waals surface area contributed by atoms with Crippen LogP contribution in [0.1, 0.15) is 129 Å². The summed E-state index contributed by atoms with van der Waals surface area (Å²) in [5, 5.41) is 0. The Morgan fingerprint density at radius 3 is 2.10 bits per heavy atom. The van der Waals surface area contributed by atoms with Gasteiger partial charge in [-0.05, 0) is 65.7 Å². The number of rotatable bonds is 16. The van der Waals surface area contributed by atoms with Crippen molar-refractivity contribution in [2.45, 2.75) is 142 Å². The van der Waals surface area contributed by atoms with E-state index in [0.717, 1.165) is 12.8 Å². The summed E-state index contributed by atoms with van der Waals surface area (Å²) in [6.45, 7) is 11.7. The van der Waals surface area contributed by atoms with Gasteiger partial charge in [-0.2, -0.15) is 0 Å². The minimum absolute atomic E-state index is 0.252. The quantitative estimate of drug-likeness (QED) is 0.118. The second kappa shape index (κ2) is 16.7. The van der Waals surface area contributed by atoms with Crippen LogP contribution in [-0.4, -0.2) is 47.0 Å². The van der Waals surface area contributed by atoms with Gasteiger partial charge in [-0.25, -0.2) is 9.59 Å². The van der Waals surface area contributed by atoms with Crippen LogP contribution in [0.2, 0.25) is 0 Å². The van der Waals surface area contributed by atoms with Crippen molar-refractivity contribution in [1.82, 2.24) is 4.90 Å². The van der Waals surface area contributed by atoms with Gasteiger partial charge in [0.15, 0.2) is 0 Å². The average molecular weight is 544 g/mol. The first-order valence-corrected chi connectivity index (χ1v) is 15.1. The number of benzene rings is 1. The van der Waals surface area contributed by atoms with E-state index in [4.69, 9.17) is 14.2 Å². The summed E-state index contributed by atoms with van der Waals surface area (Å²) in [4.78, 5) is 27.8. The summed E-state index contributed by atoms with van der Waals surface area (Å²) in [6, 6.07) is 8.45. The summed E-state index contributed by atoms with van der Waals surface area (Å²) in [5.74, 6) is -0.422. The topological polar surface area (TPSA) is 65.1 Å². The normalized spacial score (nSPS) is 17.9. The smallest absolute Gasteiger partial charge is 0.413 e. The van der Waals surface area contributed by atoms with Crippen LogP contribution in [0.4, 0.5) is 4.79 Å². The average Bonchev–Trinajstić information content (AvgIpc) is 3.20. The number of nitrogens with zero attached hydrogens (tertiary/aromatic N) is 1.